The minimum atomic E-state index is 0.712. The zero-order chi connectivity index (χ0) is 22.3. The van der Waals surface area contributed by atoms with Gasteiger partial charge in [0, 0.05) is 35.8 Å². The van der Waals surface area contributed by atoms with Gasteiger partial charge in [0.2, 0.25) is 0 Å². The maximum absolute atomic E-state index is 5.65. The van der Waals surface area contributed by atoms with Crippen molar-refractivity contribution in [3.05, 3.63) is 82.7 Å². The lowest BCUT2D eigenvalue weighted by Gasteiger charge is -2.13. The molecule has 6 nitrogen and oxygen atoms in total. The topological polar surface area (TPSA) is 57.9 Å². The Balaban J connectivity index is 1.85. The highest BCUT2D eigenvalue weighted by Crippen LogP contribution is 2.34. The average Bonchev–Trinajstić information content (AvgIpc) is 3.25. The van der Waals surface area contributed by atoms with Crippen LogP contribution in [-0.4, -0.2) is 30.9 Å². The molecule has 4 aromatic rings. The average molecular weight is 448 g/mol. The fourth-order valence-corrected chi connectivity index (χ4v) is 4.40. The van der Waals surface area contributed by atoms with E-state index >= 15 is 0 Å². The SMILES string of the molecule is COc1ccc(OC)c(-c2csc(=Nc3ccccc3OC)n2CCc2ccccn2)c1. The quantitative estimate of drug-likeness (QED) is 0.377. The van der Waals surface area contributed by atoms with Gasteiger partial charge in [0.25, 0.3) is 0 Å². The summed E-state index contributed by atoms with van der Waals surface area (Å²) in [5, 5.41) is 2.10. The van der Waals surface area contributed by atoms with E-state index in [-0.39, 0.29) is 0 Å². The lowest BCUT2D eigenvalue weighted by atomic mass is 10.1. The van der Waals surface area contributed by atoms with E-state index in [1.54, 1.807) is 32.7 Å². The van der Waals surface area contributed by atoms with E-state index in [1.807, 2.05) is 66.9 Å². The molecule has 0 aliphatic heterocycles. The van der Waals surface area contributed by atoms with Crippen LogP contribution in [0.1, 0.15) is 5.69 Å². The number of hydrogen-bond acceptors (Lipinski definition) is 6. The molecule has 0 aliphatic rings. The minimum absolute atomic E-state index is 0.712. The van der Waals surface area contributed by atoms with Gasteiger partial charge in [0.05, 0.1) is 27.0 Å². The molecule has 7 heteroatoms. The summed E-state index contributed by atoms with van der Waals surface area (Å²) in [7, 11) is 5.00. The Morgan fingerprint density at radius 1 is 0.906 bits per heavy atom. The van der Waals surface area contributed by atoms with Crippen LogP contribution in [-0.2, 0) is 13.0 Å². The normalized spacial score (nSPS) is 11.4. The fraction of sp³-hybridized carbons (Fsp3) is 0.200. The molecule has 0 bridgehead atoms. The highest BCUT2D eigenvalue weighted by molar-refractivity contribution is 7.07. The van der Waals surface area contributed by atoms with Gasteiger partial charge in [-0.1, -0.05) is 18.2 Å². The zero-order valence-electron chi connectivity index (χ0n) is 18.3. The number of hydrogen-bond donors (Lipinski definition) is 0. The number of benzene rings is 2. The number of ether oxygens (including phenoxy) is 3. The van der Waals surface area contributed by atoms with Gasteiger partial charge in [-0.05, 0) is 42.5 Å². The molecule has 0 N–H and O–H groups in total. The van der Waals surface area contributed by atoms with E-state index in [1.165, 1.54) is 0 Å². The van der Waals surface area contributed by atoms with Crippen LogP contribution >= 0.6 is 11.3 Å². The number of aryl methyl sites for hydroxylation is 1. The van der Waals surface area contributed by atoms with Crippen molar-refractivity contribution in [2.75, 3.05) is 21.3 Å². The summed E-state index contributed by atoms with van der Waals surface area (Å²) in [6, 6.07) is 19.5. The number of rotatable bonds is 8. The van der Waals surface area contributed by atoms with Gasteiger partial charge >= 0.3 is 0 Å². The standard InChI is InChI=1S/C25H25N3O3S/c1-29-19-11-12-23(30-2)20(16-19)22-17-32-25(27-21-9-4-5-10-24(21)31-3)28(22)15-13-18-8-6-7-14-26-18/h4-12,14,16-17H,13,15H2,1-3H3. The molecule has 164 valence electrons. The first kappa shape index (κ1) is 21.6. The van der Waals surface area contributed by atoms with Gasteiger partial charge in [0.1, 0.15) is 22.9 Å². The molecule has 0 atom stereocenters. The van der Waals surface area contributed by atoms with Crippen molar-refractivity contribution in [3.8, 4) is 28.5 Å². The van der Waals surface area contributed by atoms with E-state index in [0.717, 1.165) is 51.1 Å². The van der Waals surface area contributed by atoms with Crippen molar-refractivity contribution in [3.63, 3.8) is 0 Å². The molecule has 0 amide bonds. The van der Waals surface area contributed by atoms with Gasteiger partial charge in [0.15, 0.2) is 4.80 Å². The molecule has 0 unspecified atom stereocenters. The van der Waals surface area contributed by atoms with Gasteiger partial charge < -0.3 is 18.8 Å². The second-order valence-corrected chi connectivity index (χ2v) is 7.81. The van der Waals surface area contributed by atoms with E-state index < -0.39 is 0 Å². The number of thiazole rings is 1. The second-order valence-electron chi connectivity index (χ2n) is 6.98. The molecule has 4 rings (SSSR count). The number of nitrogens with zero attached hydrogens (tertiary/aromatic N) is 3. The smallest absolute Gasteiger partial charge is 0.190 e. The van der Waals surface area contributed by atoms with Crippen LogP contribution in [0.5, 0.6) is 17.2 Å². The van der Waals surface area contributed by atoms with Crippen molar-refractivity contribution < 1.29 is 14.2 Å². The predicted molar refractivity (Wildman–Crippen MR) is 127 cm³/mol. The van der Waals surface area contributed by atoms with Crippen LogP contribution < -0.4 is 19.0 Å². The summed E-state index contributed by atoms with van der Waals surface area (Å²) in [5.41, 5.74) is 3.77. The van der Waals surface area contributed by atoms with Crippen molar-refractivity contribution >= 4 is 17.0 Å². The molecule has 0 saturated carbocycles. The van der Waals surface area contributed by atoms with Gasteiger partial charge in [-0.2, -0.15) is 0 Å². The summed E-state index contributed by atoms with van der Waals surface area (Å²) in [6.07, 6.45) is 2.59. The Hall–Kier alpha value is -3.58. The van der Waals surface area contributed by atoms with Gasteiger partial charge in [-0.25, -0.2) is 4.99 Å². The monoisotopic (exact) mass is 447 g/mol. The van der Waals surface area contributed by atoms with E-state index in [0.29, 0.717) is 6.54 Å². The van der Waals surface area contributed by atoms with Gasteiger partial charge in [-0.3, -0.25) is 4.98 Å². The first-order valence-corrected chi connectivity index (χ1v) is 11.1. The maximum atomic E-state index is 5.65. The summed E-state index contributed by atoms with van der Waals surface area (Å²) in [6.45, 7) is 0.712. The van der Waals surface area contributed by atoms with E-state index in [2.05, 4.69) is 14.9 Å². The molecular formula is C25H25N3O3S. The Kier molecular flexibility index (Phi) is 6.87. The second kappa shape index (κ2) is 10.2. The van der Waals surface area contributed by atoms with Crippen molar-refractivity contribution in [2.45, 2.75) is 13.0 Å². The number of aromatic nitrogens is 2. The lowest BCUT2D eigenvalue weighted by Crippen LogP contribution is -2.18. The third-order valence-corrected chi connectivity index (χ3v) is 5.96. The Morgan fingerprint density at radius 2 is 1.72 bits per heavy atom. The predicted octanol–water partition coefficient (Wildman–Crippen LogP) is 5.11. The number of para-hydroxylation sites is 2. The van der Waals surface area contributed by atoms with Crippen molar-refractivity contribution in [1.29, 1.82) is 0 Å². The highest BCUT2D eigenvalue weighted by atomic mass is 32.1. The van der Waals surface area contributed by atoms with Crippen molar-refractivity contribution in [2.24, 2.45) is 4.99 Å². The molecule has 0 aliphatic carbocycles. The Bertz CT molecular complexity index is 1250. The summed E-state index contributed by atoms with van der Waals surface area (Å²) < 4.78 is 18.8. The molecule has 0 spiro atoms. The molecule has 0 radical (unpaired) electrons. The molecule has 2 aromatic carbocycles. The summed E-state index contributed by atoms with van der Waals surface area (Å²) in [5.74, 6) is 2.28. The highest BCUT2D eigenvalue weighted by Gasteiger charge is 2.15. The number of methoxy groups -OCH3 is 3. The third-order valence-electron chi connectivity index (χ3n) is 5.10. The first-order valence-electron chi connectivity index (χ1n) is 10.2. The minimum Gasteiger partial charge on any atom is -0.497 e. The van der Waals surface area contributed by atoms with Crippen LogP contribution in [0.25, 0.3) is 11.3 Å². The van der Waals surface area contributed by atoms with Crippen LogP contribution in [0, 0.1) is 0 Å². The molecule has 32 heavy (non-hydrogen) atoms. The van der Waals surface area contributed by atoms with Crippen molar-refractivity contribution in [1.82, 2.24) is 9.55 Å². The van der Waals surface area contributed by atoms with Gasteiger partial charge in [-0.15, -0.1) is 11.3 Å². The largest absolute Gasteiger partial charge is 0.497 e. The Morgan fingerprint density at radius 3 is 2.47 bits per heavy atom. The summed E-state index contributed by atoms with van der Waals surface area (Å²) >= 11 is 1.58. The van der Waals surface area contributed by atoms with E-state index in [9.17, 15) is 0 Å². The van der Waals surface area contributed by atoms with Crippen LogP contribution in [0.4, 0.5) is 5.69 Å². The number of pyridine rings is 1. The molecule has 2 aromatic heterocycles. The molecule has 2 heterocycles. The lowest BCUT2D eigenvalue weighted by molar-refractivity contribution is 0.404. The van der Waals surface area contributed by atoms with Crippen LogP contribution in [0.3, 0.4) is 0 Å². The van der Waals surface area contributed by atoms with E-state index in [4.69, 9.17) is 19.2 Å². The molecular weight excluding hydrogens is 422 g/mol. The first-order chi connectivity index (χ1) is 15.7. The van der Waals surface area contributed by atoms with Crippen LogP contribution in [0.2, 0.25) is 0 Å². The zero-order valence-corrected chi connectivity index (χ0v) is 19.1. The molecule has 0 saturated heterocycles. The van der Waals surface area contributed by atoms with Crippen LogP contribution in [0.15, 0.2) is 77.2 Å². The third kappa shape index (κ3) is 4.68. The molecule has 0 fully saturated rings. The summed E-state index contributed by atoms with van der Waals surface area (Å²) in [4.78, 5) is 10.3. The Labute approximate surface area is 191 Å². The fourth-order valence-electron chi connectivity index (χ4n) is 3.46. The maximum Gasteiger partial charge on any atom is 0.190 e.